The minimum atomic E-state index is 0. The van der Waals surface area contributed by atoms with Crippen LogP contribution in [0.5, 0.6) is 0 Å². The molecule has 0 spiro atoms. The molecule has 5 heteroatoms. The van der Waals surface area contributed by atoms with Crippen molar-refractivity contribution < 1.29 is 0 Å². The Morgan fingerprint density at radius 3 is 2.07 bits per heavy atom. The van der Waals surface area contributed by atoms with E-state index in [1.54, 1.807) is 12.1 Å². The molecule has 0 heterocycles. The highest BCUT2D eigenvalue weighted by Crippen LogP contribution is 2.16. The van der Waals surface area contributed by atoms with Crippen LogP contribution in [0.25, 0.3) is 0 Å². The maximum absolute atomic E-state index is 5.73. The summed E-state index contributed by atoms with van der Waals surface area (Å²) in [6.45, 7) is 4.02. The molecule has 0 aliphatic carbocycles. The van der Waals surface area contributed by atoms with Gasteiger partial charge in [0, 0.05) is 10.9 Å². The number of hydrogen-bond donors (Lipinski definition) is 1. The number of hydrogen-bond acceptors (Lipinski definition) is 1. The second-order valence-electron chi connectivity index (χ2n) is 3.17. The van der Waals surface area contributed by atoms with E-state index in [0.29, 0.717) is 10.9 Å². The number of rotatable bonds is 2. The normalized spacial score (nSPS) is 10.5. The average Bonchev–Trinajstić information content (AvgIpc) is 2.08. The Balaban J connectivity index is 0. The van der Waals surface area contributed by atoms with Crippen LogP contribution in [0.2, 0.25) is 5.02 Å². The first kappa shape index (κ1) is 17.0. The molecule has 0 aliphatic heterocycles. The van der Waals surface area contributed by atoms with Crippen molar-refractivity contribution in [3.05, 3.63) is 29.3 Å². The van der Waals surface area contributed by atoms with E-state index in [4.69, 9.17) is 17.3 Å². The third-order valence-electron chi connectivity index (χ3n) is 1.68. The first-order valence-electron chi connectivity index (χ1n) is 4.19. The topological polar surface area (TPSA) is 38.4 Å². The molecule has 1 rings (SSSR count). The maximum atomic E-state index is 5.73. The fourth-order valence-corrected chi connectivity index (χ4v) is 0.920. The van der Waals surface area contributed by atoms with Crippen LogP contribution in [0.4, 0.5) is 5.69 Å². The van der Waals surface area contributed by atoms with Gasteiger partial charge in [-0.25, -0.2) is 4.99 Å². The summed E-state index contributed by atoms with van der Waals surface area (Å²) in [6.07, 6.45) is 0. The smallest absolute Gasteiger partial charge is 0.102 e. The molecule has 0 saturated carbocycles. The monoisotopic (exact) mass is 268 g/mol. The molecule has 0 unspecified atom stereocenters. The molecular formula is C10H15Cl3N2. The number of aliphatic imine (C=N–C) groups is 1. The summed E-state index contributed by atoms with van der Waals surface area (Å²) in [7, 11) is 0. The largest absolute Gasteiger partial charge is 0.387 e. The van der Waals surface area contributed by atoms with E-state index >= 15 is 0 Å². The zero-order valence-electron chi connectivity index (χ0n) is 8.61. The van der Waals surface area contributed by atoms with Crippen molar-refractivity contribution in [2.45, 2.75) is 13.8 Å². The van der Waals surface area contributed by atoms with Crippen LogP contribution in [0.3, 0.4) is 0 Å². The molecule has 0 saturated heterocycles. The van der Waals surface area contributed by atoms with Gasteiger partial charge in [-0.2, -0.15) is 0 Å². The van der Waals surface area contributed by atoms with E-state index in [0.717, 1.165) is 5.69 Å². The highest BCUT2D eigenvalue weighted by atomic mass is 35.5. The van der Waals surface area contributed by atoms with Gasteiger partial charge in [-0.15, -0.1) is 24.8 Å². The van der Waals surface area contributed by atoms with Gasteiger partial charge in [0.1, 0.15) is 5.84 Å². The van der Waals surface area contributed by atoms with Crippen molar-refractivity contribution in [3.8, 4) is 0 Å². The van der Waals surface area contributed by atoms with Crippen LogP contribution in [0, 0.1) is 5.92 Å². The van der Waals surface area contributed by atoms with Gasteiger partial charge in [-0.3, -0.25) is 0 Å². The highest BCUT2D eigenvalue weighted by Gasteiger charge is 1.98. The molecular weight excluding hydrogens is 254 g/mol. The van der Waals surface area contributed by atoms with Crippen molar-refractivity contribution in [2.75, 3.05) is 0 Å². The predicted octanol–water partition coefficient (Wildman–Crippen LogP) is 3.83. The lowest BCUT2D eigenvalue weighted by atomic mass is 10.2. The molecule has 0 aromatic heterocycles. The molecule has 1 aromatic rings. The van der Waals surface area contributed by atoms with Crippen LogP contribution in [-0.4, -0.2) is 5.84 Å². The van der Waals surface area contributed by atoms with Crippen molar-refractivity contribution in [1.82, 2.24) is 0 Å². The van der Waals surface area contributed by atoms with Gasteiger partial charge in [0.2, 0.25) is 0 Å². The molecule has 86 valence electrons. The Kier molecular flexibility index (Phi) is 8.83. The van der Waals surface area contributed by atoms with Crippen molar-refractivity contribution >= 4 is 47.9 Å². The summed E-state index contributed by atoms with van der Waals surface area (Å²) in [5, 5.41) is 0.710. The van der Waals surface area contributed by atoms with E-state index in [2.05, 4.69) is 4.99 Å². The van der Waals surface area contributed by atoms with Crippen LogP contribution < -0.4 is 5.73 Å². The van der Waals surface area contributed by atoms with Gasteiger partial charge >= 0.3 is 0 Å². The van der Waals surface area contributed by atoms with E-state index in [1.807, 2.05) is 26.0 Å². The number of benzene rings is 1. The standard InChI is InChI=1S/C10H13ClN2.2ClH/c1-7(2)10(12)13-9-5-3-8(11)4-6-9;;/h3-7H,1-2H3,(H2,12,13);2*1H. The molecule has 0 amide bonds. The Morgan fingerprint density at radius 1 is 1.20 bits per heavy atom. The second kappa shape index (κ2) is 7.80. The van der Waals surface area contributed by atoms with E-state index in [9.17, 15) is 0 Å². The highest BCUT2D eigenvalue weighted by molar-refractivity contribution is 6.30. The average molecular weight is 270 g/mol. The molecule has 2 N–H and O–H groups in total. The first-order chi connectivity index (χ1) is 6.09. The summed E-state index contributed by atoms with van der Waals surface area (Å²) >= 11 is 5.73. The van der Waals surface area contributed by atoms with Gasteiger partial charge in [0.05, 0.1) is 5.69 Å². The van der Waals surface area contributed by atoms with Gasteiger partial charge in [-0.05, 0) is 24.3 Å². The Labute approximate surface area is 108 Å². The Hall–Kier alpha value is -0.440. The summed E-state index contributed by atoms with van der Waals surface area (Å²) in [5.41, 5.74) is 6.55. The zero-order chi connectivity index (χ0) is 9.84. The van der Waals surface area contributed by atoms with E-state index < -0.39 is 0 Å². The third-order valence-corrected chi connectivity index (χ3v) is 1.93. The first-order valence-corrected chi connectivity index (χ1v) is 4.57. The Bertz CT molecular complexity index is 307. The molecule has 2 nitrogen and oxygen atoms in total. The minimum Gasteiger partial charge on any atom is -0.387 e. The van der Waals surface area contributed by atoms with Gasteiger partial charge < -0.3 is 5.73 Å². The molecule has 1 aromatic carbocycles. The molecule has 0 bridgehead atoms. The zero-order valence-corrected chi connectivity index (χ0v) is 11.0. The van der Waals surface area contributed by atoms with Crippen LogP contribution in [0.1, 0.15) is 13.8 Å². The second-order valence-corrected chi connectivity index (χ2v) is 3.60. The van der Waals surface area contributed by atoms with Crippen molar-refractivity contribution in [2.24, 2.45) is 16.6 Å². The number of nitrogens with two attached hydrogens (primary N) is 1. The number of halogens is 3. The lowest BCUT2D eigenvalue weighted by molar-refractivity contribution is 0.873. The Morgan fingerprint density at radius 2 is 1.67 bits per heavy atom. The molecule has 0 atom stereocenters. The lowest BCUT2D eigenvalue weighted by Crippen LogP contribution is -2.17. The summed E-state index contributed by atoms with van der Waals surface area (Å²) in [5.74, 6) is 0.915. The van der Waals surface area contributed by atoms with Crippen LogP contribution in [0.15, 0.2) is 29.3 Å². The fraction of sp³-hybridized carbons (Fsp3) is 0.300. The molecule has 0 aliphatic rings. The molecule has 15 heavy (non-hydrogen) atoms. The van der Waals surface area contributed by atoms with Gasteiger partial charge in [0.25, 0.3) is 0 Å². The molecule has 0 fully saturated rings. The van der Waals surface area contributed by atoms with Crippen molar-refractivity contribution in [3.63, 3.8) is 0 Å². The van der Waals surface area contributed by atoms with E-state index in [-0.39, 0.29) is 30.7 Å². The summed E-state index contributed by atoms with van der Waals surface area (Å²) < 4.78 is 0. The summed E-state index contributed by atoms with van der Waals surface area (Å²) in [4.78, 5) is 4.24. The van der Waals surface area contributed by atoms with Gasteiger partial charge in [0.15, 0.2) is 0 Å². The fourth-order valence-electron chi connectivity index (χ4n) is 0.794. The van der Waals surface area contributed by atoms with Crippen LogP contribution >= 0.6 is 36.4 Å². The van der Waals surface area contributed by atoms with Gasteiger partial charge in [-0.1, -0.05) is 25.4 Å². The predicted molar refractivity (Wildman–Crippen MR) is 72.1 cm³/mol. The summed E-state index contributed by atoms with van der Waals surface area (Å²) in [6, 6.07) is 7.29. The van der Waals surface area contributed by atoms with Crippen molar-refractivity contribution in [1.29, 1.82) is 0 Å². The third kappa shape index (κ3) is 5.88. The minimum absolute atomic E-state index is 0. The number of nitrogens with zero attached hydrogens (tertiary/aromatic N) is 1. The molecule has 0 radical (unpaired) electrons. The van der Waals surface area contributed by atoms with Crippen LogP contribution in [-0.2, 0) is 0 Å². The maximum Gasteiger partial charge on any atom is 0.102 e. The SMILES string of the molecule is CC(C)C(N)=Nc1ccc(Cl)cc1.Cl.Cl. The number of amidine groups is 1. The lowest BCUT2D eigenvalue weighted by Gasteiger charge is -2.03. The van der Waals surface area contributed by atoms with E-state index in [1.165, 1.54) is 0 Å². The quantitative estimate of drug-likeness (QED) is 0.643.